The molecule has 0 bridgehead atoms. The van der Waals surface area contributed by atoms with Crippen LogP contribution in [0.4, 0.5) is 0 Å². The Morgan fingerprint density at radius 3 is 2.94 bits per heavy atom. The Kier molecular flexibility index (Phi) is 7.08. The molecule has 1 aromatic rings. The smallest absolute Gasteiger partial charge is 0.119 e. The second-order valence-corrected chi connectivity index (χ2v) is 4.84. The van der Waals surface area contributed by atoms with E-state index in [1.807, 2.05) is 12.1 Å². The number of ether oxygens (including phenoxy) is 1. The third-order valence-electron chi connectivity index (χ3n) is 2.47. The predicted octanol–water partition coefficient (Wildman–Crippen LogP) is 2.07. The van der Waals surface area contributed by atoms with Crippen LogP contribution in [0.1, 0.15) is 18.5 Å². The summed E-state index contributed by atoms with van der Waals surface area (Å²) >= 11 is 1.76. The molecule has 0 saturated carbocycles. The molecule has 0 saturated heterocycles. The van der Waals surface area contributed by atoms with Gasteiger partial charge >= 0.3 is 0 Å². The molecule has 0 fully saturated rings. The maximum atomic E-state index is 8.80. The number of aliphatic hydroxyl groups is 1. The number of benzene rings is 1. The van der Waals surface area contributed by atoms with Crippen LogP contribution in [-0.4, -0.2) is 36.9 Å². The summed E-state index contributed by atoms with van der Waals surface area (Å²) in [7, 11) is 1.68. The molecular formula is C13H21NO2S. The Labute approximate surface area is 108 Å². The molecule has 0 aliphatic rings. The van der Waals surface area contributed by atoms with Gasteiger partial charge in [0, 0.05) is 17.5 Å². The van der Waals surface area contributed by atoms with E-state index in [0.29, 0.717) is 6.04 Å². The van der Waals surface area contributed by atoms with Crippen molar-refractivity contribution in [3.8, 4) is 5.75 Å². The van der Waals surface area contributed by atoms with Crippen LogP contribution in [0, 0.1) is 0 Å². The molecule has 2 N–H and O–H groups in total. The van der Waals surface area contributed by atoms with E-state index in [0.717, 1.165) is 23.8 Å². The first kappa shape index (κ1) is 14.4. The highest BCUT2D eigenvalue weighted by atomic mass is 32.2. The normalized spacial score (nSPS) is 12.4. The lowest BCUT2D eigenvalue weighted by Crippen LogP contribution is -2.23. The van der Waals surface area contributed by atoms with E-state index in [9.17, 15) is 0 Å². The van der Waals surface area contributed by atoms with Crippen molar-refractivity contribution in [2.45, 2.75) is 13.0 Å². The maximum absolute atomic E-state index is 8.80. The average Bonchev–Trinajstić information content (AvgIpc) is 2.38. The molecule has 1 rings (SSSR count). The molecule has 0 amide bonds. The lowest BCUT2D eigenvalue weighted by Gasteiger charge is -2.18. The van der Waals surface area contributed by atoms with Crippen molar-refractivity contribution >= 4 is 11.8 Å². The Bertz CT molecular complexity index is 320. The summed E-state index contributed by atoms with van der Waals surface area (Å²) in [6.07, 6.45) is 0. The number of thioether (sulfide) groups is 1. The lowest BCUT2D eigenvalue weighted by atomic mass is 10.1. The van der Waals surface area contributed by atoms with Crippen molar-refractivity contribution in [1.82, 2.24) is 5.32 Å². The van der Waals surface area contributed by atoms with Gasteiger partial charge in [-0.2, -0.15) is 11.8 Å². The van der Waals surface area contributed by atoms with Gasteiger partial charge in [0.1, 0.15) is 5.75 Å². The van der Waals surface area contributed by atoms with Crippen LogP contribution < -0.4 is 10.1 Å². The monoisotopic (exact) mass is 255 g/mol. The van der Waals surface area contributed by atoms with Crippen LogP contribution in [0.2, 0.25) is 0 Å². The summed E-state index contributed by atoms with van der Waals surface area (Å²) < 4.78 is 5.23. The van der Waals surface area contributed by atoms with Gasteiger partial charge in [-0.15, -0.1) is 0 Å². The summed E-state index contributed by atoms with van der Waals surface area (Å²) in [5.74, 6) is 2.63. The number of methoxy groups -OCH3 is 1. The Balaban J connectivity index is 2.66. The Hall–Kier alpha value is -0.710. The zero-order valence-electron chi connectivity index (χ0n) is 10.5. The molecule has 0 spiro atoms. The van der Waals surface area contributed by atoms with Gasteiger partial charge in [0.2, 0.25) is 0 Å². The highest BCUT2D eigenvalue weighted by Gasteiger charge is 2.10. The van der Waals surface area contributed by atoms with E-state index in [2.05, 4.69) is 24.4 Å². The van der Waals surface area contributed by atoms with Gasteiger partial charge in [-0.3, -0.25) is 0 Å². The van der Waals surface area contributed by atoms with Gasteiger partial charge in [-0.1, -0.05) is 19.1 Å². The average molecular weight is 255 g/mol. The molecule has 0 heterocycles. The molecule has 17 heavy (non-hydrogen) atoms. The number of rotatable bonds is 8. The fourth-order valence-corrected chi connectivity index (χ4v) is 2.49. The second-order valence-electron chi connectivity index (χ2n) is 3.69. The lowest BCUT2D eigenvalue weighted by molar-refractivity contribution is 0.322. The predicted molar refractivity (Wildman–Crippen MR) is 73.8 cm³/mol. The first-order valence-corrected chi connectivity index (χ1v) is 7.03. The van der Waals surface area contributed by atoms with E-state index >= 15 is 0 Å². The fraction of sp³-hybridized carbons (Fsp3) is 0.538. The molecule has 0 aliphatic carbocycles. The second kappa shape index (κ2) is 8.39. The molecule has 1 unspecified atom stereocenters. The first-order chi connectivity index (χ1) is 8.31. The van der Waals surface area contributed by atoms with Crippen molar-refractivity contribution in [3.63, 3.8) is 0 Å². The SMILES string of the molecule is CCNC(CSCCO)c1cccc(OC)c1. The minimum absolute atomic E-state index is 0.238. The summed E-state index contributed by atoms with van der Waals surface area (Å²) in [6, 6.07) is 8.44. The van der Waals surface area contributed by atoms with Gasteiger partial charge in [-0.05, 0) is 24.2 Å². The van der Waals surface area contributed by atoms with Crippen LogP contribution in [0.5, 0.6) is 5.75 Å². The van der Waals surface area contributed by atoms with E-state index in [1.165, 1.54) is 5.56 Å². The Morgan fingerprint density at radius 2 is 2.29 bits per heavy atom. The van der Waals surface area contributed by atoms with Crippen LogP contribution in [0.3, 0.4) is 0 Å². The topological polar surface area (TPSA) is 41.5 Å². The van der Waals surface area contributed by atoms with Crippen molar-refractivity contribution in [1.29, 1.82) is 0 Å². The standard InChI is InChI=1S/C13H21NO2S/c1-3-14-13(10-17-8-7-15)11-5-4-6-12(9-11)16-2/h4-6,9,13-15H,3,7-8,10H2,1-2H3. The van der Waals surface area contributed by atoms with E-state index in [4.69, 9.17) is 9.84 Å². The zero-order chi connectivity index (χ0) is 12.5. The maximum Gasteiger partial charge on any atom is 0.119 e. The molecule has 1 aromatic carbocycles. The van der Waals surface area contributed by atoms with Gasteiger partial charge in [0.05, 0.1) is 13.7 Å². The summed E-state index contributed by atoms with van der Waals surface area (Å²) in [6.45, 7) is 3.27. The molecule has 3 nitrogen and oxygen atoms in total. The van der Waals surface area contributed by atoms with Gasteiger partial charge < -0.3 is 15.2 Å². The van der Waals surface area contributed by atoms with Crippen molar-refractivity contribution in [2.75, 3.05) is 31.8 Å². The number of hydrogen-bond donors (Lipinski definition) is 2. The van der Waals surface area contributed by atoms with Crippen molar-refractivity contribution < 1.29 is 9.84 Å². The zero-order valence-corrected chi connectivity index (χ0v) is 11.3. The third-order valence-corrected chi connectivity index (χ3v) is 3.51. The third kappa shape index (κ3) is 4.98. The molecule has 1 atom stereocenters. The van der Waals surface area contributed by atoms with E-state index in [-0.39, 0.29) is 6.61 Å². The van der Waals surface area contributed by atoms with Crippen LogP contribution in [-0.2, 0) is 0 Å². The van der Waals surface area contributed by atoms with E-state index < -0.39 is 0 Å². The molecule has 4 heteroatoms. The largest absolute Gasteiger partial charge is 0.497 e. The van der Waals surface area contributed by atoms with Crippen molar-refractivity contribution in [3.05, 3.63) is 29.8 Å². The quantitative estimate of drug-likeness (QED) is 0.698. The molecule has 0 aromatic heterocycles. The molecule has 0 radical (unpaired) electrons. The molecular weight excluding hydrogens is 234 g/mol. The fourth-order valence-electron chi connectivity index (χ4n) is 1.64. The van der Waals surface area contributed by atoms with Crippen LogP contribution >= 0.6 is 11.8 Å². The molecule has 96 valence electrons. The number of aliphatic hydroxyl groups excluding tert-OH is 1. The highest BCUT2D eigenvalue weighted by molar-refractivity contribution is 7.99. The minimum Gasteiger partial charge on any atom is -0.497 e. The minimum atomic E-state index is 0.238. The summed E-state index contributed by atoms with van der Waals surface area (Å²) in [5.41, 5.74) is 1.23. The van der Waals surface area contributed by atoms with E-state index in [1.54, 1.807) is 18.9 Å². The van der Waals surface area contributed by atoms with Crippen LogP contribution in [0.25, 0.3) is 0 Å². The van der Waals surface area contributed by atoms with Crippen molar-refractivity contribution in [2.24, 2.45) is 0 Å². The molecule has 0 aliphatic heterocycles. The number of nitrogens with one attached hydrogen (secondary N) is 1. The Morgan fingerprint density at radius 1 is 1.47 bits per heavy atom. The van der Waals surface area contributed by atoms with Gasteiger partial charge in [-0.25, -0.2) is 0 Å². The van der Waals surface area contributed by atoms with Crippen LogP contribution in [0.15, 0.2) is 24.3 Å². The summed E-state index contributed by atoms with van der Waals surface area (Å²) in [4.78, 5) is 0. The first-order valence-electron chi connectivity index (χ1n) is 5.87. The highest BCUT2D eigenvalue weighted by Crippen LogP contribution is 2.22. The van der Waals surface area contributed by atoms with Gasteiger partial charge in [0.25, 0.3) is 0 Å². The van der Waals surface area contributed by atoms with Gasteiger partial charge in [0.15, 0.2) is 0 Å². The summed E-state index contributed by atoms with van der Waals surface area (Å²) in [5, 5.41) is 12.3. The number of hydrogen-bond acceptors (Lipinski definition) is 4.